The van der Waals surface area contributed by atoms with E-state index in [0.717, 1.165) is 18.8 Å². The summed E-state index contributed by atoms with van der Waals surface area (Å²) in [7, 11) is 0. The predicted molar refractivity (Wildman–Crippen MR) is 77.5 cm³/mol. The Morgan fingerprint density at radius 3 is 2.86 bits per heavy atom. The van der Waals surface area contributed by atoms with Crippen molar-refractivity contribution in [1.82, 2.24) is 5.32 Å². The molecule has 21 heavy (non-hydrogen) atoms. The van der Waals surface area contributed by atoms with Gasteiger partial charge in [-0.25, -0.2) is 0 Å². The van der Waals surface area contributed by atoms with Crippen LogP contribution in [0.1, 0.15) is 44.3 Å². The number of hydrogen-bond acceptors (Lipinski definition) is 3. The van der Waals surface area contributed by atoms with Crippen LogP contribution in [0.25, 0.3) is 0 Å². The van der Waals surface area contributed by atoms with Crippen molar-refractivity contribution in [3.63, 3.8) is 0 Å². The van der Waals surface area contributed by atoms with Gasteiger partial charge in [0.1, 0.15) is 5.75 Å². The maximum Gasteiger partial charge on any atom is 0.387 e. The topological polar surface area (TPSA) is 41.5 Å². The Morgan fingerprint density at radius 1 is 1.38 bits per heavy atom. The molecule has 0 radical (unpaired) electrons. The molecule has 1 aliphatic carbocycles. The van der Waals surface area contributed by atoms with Gasteiger partial charge in [-0.3, -0.25) is 0 Å². The van der Waals surface area contributed by atoms with Crippen LogP contribution in [0.3, 0.4) is 0 Å². The summed E-state index contributed by atoms with van der Waals surface area (Å²) < 4.78 is 28.7. The van der Waals surface area contributed by atoms with Crippen molar-refractivity contribution in [2.24, 2.45) is 5.92 Å². The SMILES string of the molecule is CCC1CCC(NCC(O)c2cccc(OC(F)F)c2)C1. The van der Waals surface area contributed by atoms with E-state index >= 15 is 0 Å². The lowest BCUT2D eigenvalue weighted by Crippen LogP contribution is -2.30. The molecule has 1 aliphatic rings. The van der Waals surface area contributed by atoms with Gasteiger partial charge in [0, 0.05) is 12.6 Å². The van der Waals surface area contributed by atoms with Gasteiger partial charge in [0.25, 0.3) is 0 Å². The molecule has 1 aromatic carbocycles. The number of ether oxygens (including phenoxy) is 1. The number of alkyl halides is 2. The predicted octanol–water partition coefficient (Wildman–Crippen LogP) is 3.49. The number of rotatable bonds is 7. The van der Waals surface area contributed by atoms with E-state index in [9.17, 15) is 13.9 Å². The second kappa shape index (κ2) is 7.71. The van der Waals surface area contributed by atoms with E-state index in [1.54, 1.807) is 12.1 Å². The Morgan fingerprint density at radius 2 is 2.19 bits per heavy atom. The van der Waals surface area contributed by atoms with Gasteiger partial charge < -0.3 is 15.2 Å². The lowest BCUT2D eigenvalue weighted by atomic mass is 10.1. The quantitative estimate of drug-likeness (QED) is 0.810. The summed E-state index contributed by atoms with van der Waals surface area (Å²) in [5, 5.41) is 13.5. The Labute approximate surface area is 124 Å². The second-order valence-corrected chi connectivity index (χ2v) is 5.66. The van der Waals surface area contributed by atoms with E-state index in [0.29, 0.717) is 18.2 Å². The smallest absolute Gasteiger partial charge is 0.387 e. The first-order valence-electron chi connectivity index (χ1n) is 7.54. The summed E-state index contributed by atoms with van der Waals surface area (Å²) in [6.07, 6.45) is 4.01. The van der Waals surface area contributed by atoms with E-state index in [-0.39, 0.29) is 5.75 Å². The monoisotopic (exact) mass is 299 g/mol. The van der Waals surface area contributed by atoms with Gasteiger partial charge in [-0.2, -0.15) is 8.78 Å². The third kappa shape index (κ3) is 4.93. The van der Waals surface area contributed by atoms with Gasteiger partial charge in [-0.15, -0.1) is 0 Å². The molecular weight excluding hydrogens is 276 g/mol. The molecule has 118 valence electrons. The van der Waals surface area contributed by atoms with Gasteiger partial charge in [-0.1, -0.05) is 25.5 Å². The lowest BCUT2D eigenvalue weighted by molar-refractivity contribution is -0.0499. The zero-order valence-corrected chi connectivity index (χ0v) is 12.3. The third-order valence-electron chi connectivity index (χ3n) is 4.19. The summed E-state index contributed by atoms with van der Waals surface area (Å²) in [6, 6.07) is 6.69. The minimum Gasteiger partial charge on any atom is -0.435 e. The van der Waals surface area contributed by atoms with E-state index < -0.39 is 12.7 Å². The van der Waals surface area contributed by atoms with Crippen molar-refractivity contribution >= 4 is 0 Å². The normalized spacial score (nSPS) is 23.5. The van der Waals surface area contributed by atoms with Crippen molar-refractivity contribution in [3.05, 3.63) is 29.8 Å². The highest BCUT2D eigenvalue weighted by molar-refractivity contribution is 5.30. The van der Waals surface area contributed by atoms with Gasteiger partial charge >= 0.3 is 6.61 Å². The molecule has 1 saturated carbocycles. The van der Waals surface area contributed by atoms with Crippen molar-refractivity contribution in [2.45, 2.75) is 51.4 Å². The lowest BCUT2D eigenvalue weighted by Gasteiger charge is -2.17. The van der Waals surface area contributed by atoms with Crippen LogP contribution in [0.2, 0.25) is 0 Å². The highest BCUT2D eigenvalue weighted by atomic mass is 19.3. The first kappa shape index (κ1) is 16.2. The standard InChI is InChI=1S/C16H23F2NO2/c1-2-11-6-7-13(8-11)19-10-15(20)12-4-3-5-14(9-12)21-16(17)18/h3-5,9,11,13,15-16,19-20H,2,6-8,10H2,1H3. The van der Waals surface area contributed by atoms with Crippen molar-refractivity contribution in [1.29, 1.82) is 0 Å². The Hall–Kier alpha value is -1.20. The van der Waals surface area contributed by atoms with Gasteiger partial charge in [0.15, 0.2) is 0 Å². The van der Waals surface area contributed by atoms with E-state index in [1.807, 2.05) is 0 Å². The van der Waals surface area contributed by atoms with Gasteiger partial charge in [0.05, 0.1) is 6.10 Å². The number of aliphatic hydroxyl groups is 1. The first-order chi connectivity index (χ1) is 10.1. The van der Waals surface area contributed by atoms with Crippen LogP contribution in [-0.2, 0) is 0 Å². The number of aliphatic hydroxyl groups excluding tert-OH is 1. The number of benzene rings is 1. The van der Waals surface area contributed by atoms with Crippen LogP contribution in [0, 0.1) is 5.92 Å². The van der Waals surface area contributed by atoms with Crippen LogP contribution < -0.4 is 10.1 Å². The number of hydrogen-bond donors (Lipinski definition) is 2. The summed E-state index contributed by atoms with van der Waals surface area (Å²) >= 11 is 0. The second-order valence-electron chi connectivity index (χ2n) is 5.66. The fourth-order valence-electron chi connectivity index (χ4n) is 2.93. The first-order valence-corrected chi connectivity index (χ1v) is 7.54. The molecule has 1 aromatic rings. The Balaban J connectivity index is 1.84. The zero-order valence-electron chi connectivity index (χ0n) is 12.3. The molecule has 0 saturated heterocycles. The molecule has 1 fully saturated rings. The maximum atomic E-state index is 12.2. The van der Waals surface area contributed by atoms with Crippen molar-refractivity contribution in [3.8, 4) is 5.75 Å². The molecule has 0 heterocycles. The molecule has 3 unspecified atom stereocenters. The van der Waals surface area contributed by atoms with Crippen LogP contribution in [0.4, 0.5) is 8.78 Å². The maximum absolute atomic E-state index is 12.2. The molecule has 2 rings (SSSR count). The highest BCUT2D eigenvalue weighted by Gasteiger charge is 2.23. The Kier molecular flexibility index (Phi) is 5.94. The van der Waals surface area contributed by atoms with Crippen LogP contribution in [-0.4, -0.2) is 24.3 Å². The Bertz CT molecular complexity index is 442. The average molecular weight is 299 g/mol. The number of nitrogens with one attached hydrogen (secondary N) is 1. The van der Waals surface area contributed by atoms with Crippen molar-refractivity contribution < 1.29 is 18.6 Å². The molecule has 3 nitrogen and oxygen atoms in total. The molecular formula is C16H23F2NO2. The fourth-order valence-corrected chi connectivity index (χ4v) is 2.93. The number of halogens is 2. The fraction of sp³-hybridized carbons (Fsp3) is 0.625. The largest absolute Gasteiger partial charge is 0.435 e. The van der Waals surface area contributed by atoms with Crippen LogP contribution in [0.15, 0.2) is 24.3 Å². The van der Waals surface area contributed by atoms with Crippen LogP contribution in [0.5, 0.6) is 5.75 Å². The van der Waals surface area contributed by atoms with Crippen molar-refractivity contribution in [2.75, 3.05) is 6.54 Å². The van der Waals surface area contributed by atoms with E-state index in [2.05, 4.69) is 17.0 Å². The summed E-state index contributed by atoms with van der Waals surface area (Å²) in [5.41, 5.74) is 0.589. The molecule has 0 aromatic heterocycles. The van der Waals surface area contributed by atoms with Crippen LogP contribution >= 0.6 is 0 Å². The molecule has 0 aliphatic heterocycles. The highest BCUT2D eigenvalue weighted by Crippen LogP contribution is 2.28. The molecule has 0 amide bonds. The van der Waals surface area contributed by atoms with Gasteiger partial charge in [0.2, 0.25) is 0 Å². The zero-order chi connectivity index (χ0) is 15.2. The molecule has 3 atom stereocenters. The summed E-state index contributed by atoms with van der Waals surface area (Å²) in [4.78, 5) is 0. The molecule has 2 N–H and O–H groups in total. The molecule has 0 bridgehead atoms. The summed E-state index contributed by atoms with van der Waals surface area (Å²) in [6.45, 7) is -0.213. The van der Waals surface area contributed by atoms with E-state index in [4.69, 9.17) is 0 Å². The third-order valence-corrected chi connectivity index (χ3v) is 4.19. The van der Waals surface area contributed by atoms with E-state index in [1.165, 1.54) is 25.0 Å². The minimum atomic E-state index is -2.85. The average Bonchev–Trinajstić information content (AvgIpc) is 2.92. The molecule has 5 heteroatoms. The molecule has 0 spiro atoms. The van der Waals surface area contributed by atoms with Gasteiger partial charge in [-0.05, 0) is 42.9 Å². The summed E-state index contributed by atoms with van der Waals surface area (Å²) in [5.74, 6) is 0.857. The minimum absolute atomic E-state index is 0.0773.